The van der Waals surface area contributed by atoms with Gasteiger partial charge in [0, 0.05) is 6.61 Å². The Morgan fingerprint density at radius 3 is 3.07 bits per heavy atom. The summed E-state index contributed by atoms with van der Waals surface area (Å²) in [4.78, 5) is 11.4. The average molecular weight is 226 g/mol. The molecule has 0 aliphatic carbocycles. The Morgan fingerprint density at radius 2 is 2.60 bits per heavy atom. The molecule has 0 bridgehead atoms. The number of ether oxygens (including phenoxy) is 1. The minimum absolute atomic E-state index is 0.199. The van der Waals surface area contributed by atoms with Crippen LogP contribution < -0.4 is 0 Å². The molecule has 4 heteroatoms. The molecular weight excluding hydrogens is 212 g/mol. The predicted molar refractivity (Wildman–Crippen MR) is 58.1 cm³/mol. The second kappa shape index (κ2) is 3.94. The molecule has 0 amide bonds. The summed E-state index contributed by atoms with van der Waals surface area (Å²) in [5.41, 5.74) is 0.376. The fourth-order valence-electron chi connectivity index (χ4n) is 2.13. The first kappa shape index (κ1) is 10.6. The monoisotopic (exact) mass is 226 g/mol. The largest absolute Gasteiger partial charge is 0.481 e. The molecule has 15 heavy (non-hydrogen) atoms. The lowest BCUT2D eigenvalue weighted by Crippen LogP contribution is -2.39. The first-order valence-corrected chi connectivity index (χ1v) is 5.95. The van der Waals surface area contributed by atoms with Crippen molar-refractivity contribution in [2.75, 3.05) is 6.61 Å². The zero-order valence-electron chi connectivity index (χ0n) is 8.60. The molecule has 1 aromatic heterocycles. The molecule has 82 valence electrons. The number of hydrogen-bond donors (Lipinski definition) is 1. The van der Waals surface area contributed by atoms with Gasteiger partial charge in [-0.25, -0.2) is 0 Å². The maximum atomic E-state index is 11.4. The van der Waals surface area contributed by atoms with Crippen molar-refractivity contribution in [1.82, 2.24) is 0 Å². The number of aliphatic carboxylic acids is 1. The first-order valence-electron chi connectivity index (χ1n) is 5.01. The van der Waals surface area contributed by atoms with Crippen LogP contribution >= 0.6 is 11.3 Å². The van der Waals surface area contributed by atoms with E-state index in [-0.39, 0.29) is 6.10 Å². The fraction of sp³-hybridized carbons (Fsp3) is 0.545. The summed E-state index contributed by atoms with van der Waals surface area (Å²) in [6.45, 7) is 2.41. The molecule has 2 heterocycles. The van der Waals surface area contributed by atoms with Crippen molar-refractivity contribution in [2.24, 2.45) is 5.41 Å². The van der Waals surface area contributed by atoms with Gasteiger partial charge in [-0.2, -0.15) is 11.3 Å². The van der Waals surface area contributed by atoms with Gasteiger partial charge in [-0.1, -0.05) is 0 Å². The summed E-state index contributed by atoms with van der Waals surface area (Å²) in [5.74, 6) is -0.737. The van der Waals surface area contributed by atoms with Crippen LogP contribution in [0.15, 0.2) is 16.8 Å². The van der Waals surface area contributed by atoms with Crippen LogP contribution in [0.3, 0.4) is 0 Å². The highest BCUT2D eigenvalue weighted by molar-refractivity contribution is 7.07. The lowest BCUT2D eigenvalue weighted by atomic mass is 9.77. The zero-order chi connectivity index (χ0) is 10.9. The molecule has 2 atom stereocenters. The van der Waals surface area contributed by atoms with Gasteiger partial charge in [0.1, 0.15) is 0 Å². The summed E-state index contributed by atoms with van der Waals surface area (Å²) >= 11 is 1.60. The van der Waals surface area contributed by atoms with E-state index in [0.717, 1.165) is 5.56 Å². The normalized spacial score (nSPS) is 30.6. The number of hydrogen-bond acceptors (Lipinski definition) is 3. The summed E-state index contributed by atoms with van der Waals surface area (Å²) in [7, 11) is 0. The molecule has 1 fully saturated rings. The van der Waals surface area contributed by atoms with Crippen molar-refractivity contribution in [3.8, 4) is 0 Å². The van der Waals surface area contributed by atoms with Crippen molar-refractivity contribution in [2.45, 2.75) is 25.9 Å². The van der Waals surface area contributed by atoms with Gasteiger partial charge in [0.15, 0.2) is 0 Å². The van der Waals surface area contributed by atoms with Gasteiger partial charge in [0.2, 0.25) is 0 Å². The van der Waals surface area contributed by atoms with Crippen LogP contribution in [-0.4, -0.2) is 23.8 Å². The molecule has 0 saturated carbocycles. The van der Waals surface area contributed by atoms with E-state index in [9.17, 15) is 9.90 Å². The van der Waals surface area contributed by atoms with Gasteiger partial charge in [-0.05, 0) is 42.2 Å². The predicted octanol–water partition coefficient (Wildman–Crippen LogP) is 2.17. The summed E-state index contributed by atoms with van der Waals surface area (Å²) in [5, 5.41) is 13.3. The Bertz CT molecular complexity index is 347. The Morgan fingerprint density at radius 1 is 1.80 bits per heavy atom. The Labute approximate surface area is 92.7 Å². The SMILES string of the molecule is CC1OCCC1(Cc1ccsc1)C(=O)O. The topological polar surface area (TPSA) is 46.5 Å². The molecule has 1 aliphatic rings. The standard InChI is InChI=1S/C11H14O3S/c1-8-11(10(12)13,3-4-14-8)6-9-2-5-15-7-9/h2,5,7-8H,3-4,6H2,1H3,(H,12,13). The van der Waals surface area contributed by atoms with Crippen molar-refractivity contribution in [3.05, 3.63) is 22.4 Å². The van der Waals surface area contributed by atoms with Crippen molar-refractivity contribution < 1.29 is 14.6 Å². The van der Waals surface area contributed by atoms with E-state index in [1.54, 1.807) is 11.3 Å². The maximum absolute atomic E-state index is 11.4. The molecule has 0 spiro atoms. The minimum Gasteiger partial charge on any atom is -0.481 e. The van der Waals surface area contributed by atoms with Gasteiger partial charge in [-0.15, -0.1) is 0 Å². The van der Waals surface area contributed by atoms with E-state index in [1.165, 1.54) is 0 Å². The Hall–Kier alpha value is -0.870. The van der Waals surface area contributed by atoms with Crippen molar-refractivity contribution in [1.29, 1.82) is 0 Å². The smallest absolute Gasteiger partial charge is 0.312 e. The molecule has 2 rings (SSSR count). The Kier molecular flexibility index (Phi) is 2.80. The number of rotatable bonds is 3. The summed E-state index contributed by atoms with van der Waals surface area (Å²) in [6.07, 6.45) is 0.988. The van der Waals surface area contributed by atoms with Crippen LogP contribution in [0, 0.1) is 5.41 Å². The lowest BCUT2D eigenvalue weighted by molar-refractivity contribution is -0.151. The Balaban J connectivity index is 2.24. The van der Waals surface area contributed by atoms with Gasteiger partial charge in [0.05, 0.1) is 11.5 Å². The summed E-state index contributed by atoms with van der Waals surface area (Å²) < 4.78 is 5.40. The van der Waals surface area contributed by atoms with E-state index >= 15 is 0 Å². The van der Waals surface area contributed by atoms with Crippen LogP contribution in [0.1, 0.15) is 18.9 Å². The van der Waals surface area contributed by atoms with E-state index in [1.807, 2.05) is 23.8 Å². The quantitative estimate of drug-likeness (QED) is 0.859. The lowest BCUT2D eigenvalue weighted by Gasteiger charge is -2.26. The molecule has 1 aromatic rings. The van der Waals surface area contributed by atoms with E-state index < -0.39 is 11.4 Å². The molecule has 1 aliphatic heterocycles. The zero-order valence-corrected chi connectivity index (χ0v) is 9.42. The third-order valence-corrected chi connectivity index (χ3v) is 3.95. The van der Waals surface area contributed by atoms with Crippen LogP contribution in [0.2, 0.25) is 0 Å². The molecule has 3 nitrogen and oxygen atoms in total. The van der Waals surface area contributed by atoms with Crippen molar-refractivity contribution in [3.63, 3.8) is 0 Å². The maximum Gasteiger partial charge on any atom is 0.312 e. The molecule has 1 saturated heterocycles. The molecule has 0 aromatic carbocycles. The molecule has 0 radical (unpaired) electrons. The van der Waals surface area contributed by atoms with Gasteiger partial charge >= 0.3 is 5.97 Å². The first-order chi connectivity index (χ1) is 7.15. The van der Waals surface area contributed by atoms with Gasteiger partial charge < -0.3 is 9.84 Å². The minimum atomic E-state index is -0.737. The van der Waals surface area contributed by atoms with Crippen LogP contribution in [-0.2, 0) is 16.0 Å². The number of carboxylic acids is 1. The molecule has 1 N–H and O–H groups in total. The second-order valence-corrected chi connectivity index (χ2v) is 4.81. The van der Waals surface area contributed by atoms with Crippen LogP contribution in [0.4, 0.5) is 0 Å². The third-order valence-electron chi connectivity index (χ3n) is 3.22. The van der Waals surface area contributed by atoms with Crippen LogP contribution in [0.25, 0.3) is 0 Å². The van der Waals surface area contributed by atoms with Crippen molar-refractivity contribution >= 4 is 17.3 Å². The van der Waals surface area contributed by atoms with Gasteiger partial charge in [0.25, 0.3) is 0 Å². The highest BCUT2D eigenvalue weighted by Gasteiger charge is 2.48. The van der Waals surface area contributed by atoms with Crippen LogP contribution in [0.5, 0.6) is 0 Å². The molecule has 2 unspecified atom stereocenters. The number of carbonyl (C=O) groups is 1. The highest BCUT2D eigenvalue weighted by atomic mass is 32.1. The van der Waals surface area contributed by atoms with E-state index in [4.69, 9.17) is 4.74 Å². The highest BCUT2D eigenvalue weighted by Crippen LogP contribution is 2.38. The second-order valence-electron chi connectivity index (χ2n) is 4.03. The van der Waals surface area contributed by atoms with Gasteiger partial charge in [-0.3, -0.25) is 4.79 Å². The molecular formula is C11H14O3S. The fourth-order valence-corrected chi connectivity index (χ4v) is 2.80. The van der Waals surface area contributed by atoms with E-state index in [0.29, 0.717) is 19.4 Å². The number of thiophene rings is 1. The number of carboxylic acid groups (broad SMARTS) is 1. The average Bonchev–Trinajstić information content (AvgIpc) is 2.78. The third kappa shape index (κ3) is 1.79. The van der Waals surface area contributed by atoms with E-state index in [2.05, 4.69) is 0 Å². The summed E-state index contributed by atoms with van der Waals surface area (Å²) in [6, 6.07) is 1.99.